The first kappa shape index (κ1) is 15.6. The Kier molecular flexibility index (Phi) is 4.66. The van der Waals surface area contributed by atoms with Crippen LogP contribution < -0.4 is 0 Å². The van der Waals surface area contributed by atoms with E-state index in [4.69, 9.17) is 0 Å². The van der Waals surface area contributed by atoms with Gasteiger partial charge < -0.3 is 0 Å². The van der Waals surface area contributed by atoms with Crippen LogP contribution in [0.2, 0.25) is 0 Å². The molecule has 0 fully saturated rings. The van der Waals surface area contributed by atoms with Crippen molar-refractivity contribution in [1.82, 2.24) is 0 Å². The van der Waals surface area contributed by atoms with Crippen LogP contribution in [0, 0.1) is 0 Å². The standard InChI is InChI=1S/C13H12F6/c1-2-3-4-5-9-6-10(12(14,15)16)8-11(7-9)13(17,18)19/h4-8H,2-3H2,1H3/b5-4-. The summed E-state index contributed by atoms with van der Waals surface area (Å²) in [6.45, 7) is 1.86. The molecule has 1 aromatic rings. The normalized spacial score (nSPS) is 13.2. The molecule has 0 saturated carbocycles. The fourth-order valence-electron chi connectivity index (χ4n) is 1.46. The summed E-state index contributed by atoms with van der Waals surface area (Å²) in [6, 6.07) is 1.54. The van der Waals surface area contributed by atoms with Crippen LogP contribution >= 0.6 is 0 Å². The van der Waals surface area contributed by atoms with Gasteiger partial charge in [-0.25, -0.2) is 0 Å². The van der Waals surface area contributed by atoms with Crippen molar-refractivity contribution >= 4 is 6.08 Å². The largest absolute Gasteiger partial charge is 0.416 e. The SMILES string of the molecule is CCC/C=C\c1cc(C(F)(F)F)cc(C(F)(F)F)c1. The predicted molar refractivity (Wildman–Crippen MR) is 60.4 cm³/mol. The Morgan fingerprint density at radius 3 is 1.74 bits per heavy atom. The Morgan fingerprint density at radius 2 is 1.37 bits per heavy atom. The minimum absolute atomic E-state index is 0.101. The quantitative estimate of drug-likeness (QED) is 0.639. The van der Waals surface area contributed by atoms with E-state index in [0.29, 0.717) is 18.6 Å². The molecule has 0 amide bonds. The van der Waals surface area contributed by atoms with Gasteiger partial charge in [0.2, 0.25) is 0 Å². The van der Waals surface area contributed by atoms with Crippen LogP contribution in [-0.2, 0) is 12.4 Å². The van der Waals surface area contributed by atoms with E-state index in [9.17, 15) is 26.3 Å². The summed E-state index contributed by atoms with van der Waals surface area (Å²) in [6.07, 6.45) is -5.41. The van der Waals surface area contributed by atoms with E-state index in [1.165, 1.54) is 6.08 Å². The van der Waals surface area contributed by atoms with Gasteiger partial charge in [-0.05, 0) is 30.2 Å². The number of hydrogen-bond donors (Lipinski definition) is 0. The monoisotopic (exact) mass is 282 g/mol. The molecule has 0 unspecified atom stereocenters. The van der Waals surface area contributed by atoms with Crippen LogP contribution in [-0.4, -0.2) is 0 Å². The third-order valence-electron chi connectivity index (χ3n) is 2.38. The van der Waals surface area contributed by atoms with Gasteiger partial charge in [0.25, 0.3) is 0 Å². The van der Waals surface area contributed by atoms with Gasteiger partial charge in [0.1, 0.15) is 0 Å². The molecule has 0 radical (unpaired) electrons. The lowest BCUT2D eigenvalue weighted by atomic mass is 10.0. The van der Waals surface area contributed by atoms with Crippen molar-refractivity contribution < 1.29 is 26.3 Å². The maximum Gasteiger partial charge on any atom is 0.416 e. The average molecular weight is 282 g/mol. The number of halogens is 6. The van der Waals surface area contributed by atoms with Gasteiger partial charge in [0, 0.05) is 0 Å². The van der Waals surface area contributed by atoms with Crippen molar-refractivity contribution in [2.75, 3.05) is 0 Å². The summed E-state index contributed by atoms with van der Waals surface area (Å²) in [4.78, 5) is 0. The van der Waals surface area contributed by atoms with Gasteiger partial charge >= 0.3 is 12.4 Å². The zero-order valence-corrected chi connectivity index (χ0v) is 10.1. The maximum absolute atomic E-state index is 12.5. The lowest BCUT2D eigenvalue weighted by Crippen LogP contribution is -2.11. The molecule has 0 aromatic heterocycles. The van der Waals surface area contributed by atoms with Crippen molar-refractivity contribution in [2.45, 2.75) is 32.1 Å². The van der Waals surface area contributed by atoms with Crippen LogP contribution in [0.3, 0.4) is 0 Å². The molecule has 106 valence electrons. The van der Waals surface area contributed by atoms with Crippen LogP contribution in [0.15, 0.2) is 24.3 Å². The number of alkyl halides is 6. The molecule has 0 bridgehead atoms. The molecular weight excluding hydrogens is 270 g/mol. The minimum Gasteiger partial charge on any atom is -0.166 e. The molecular formula is C13H12F6. The molecule has 0 spiro atoms. The van der Waals surface area contributed by atoms with Gasteiger partial charge in [-0.15, -0.1) is 0 Å². The Bertz CT molecular complexity index is 421. The average Bonchev–Trinajstić information content (AvgIpc) is 2.27. The number of unbranched alkanes of at least 4 members (excludes halogenated alkanes) is 1. The zero-order valence-electron chi connectivity index (χ0n) is 10.1. The molecule has 0 atom stereocenters. The van der Waals surface area contributed by atoms with Gasteiger partial charge in [-0.1, -0.05) is 25.5 Å². The van der Waals surface area contributed by atoms with Crippen molar-refractivity contribution in [1.29, 1.82) is 0 Å². The van der Waals surface area contributed by atoms with E-state index in [2.05, 4.69) is 0 Å². The number of rotatable bonds is 3. The second kappa shape index (κ2) is 5.67. The molecule has 0 aliphatic carbocycles. The first-order valence-electron chi connectivity index (χ1n) is 5.60. The summed E-state index contributed by atoms with van der Waals surface area (Å²) in [5, 5.41) is 0. The second-order valence-corrected chi connectivity index (χ2v) is 4.03. The number of benzene rings is 1. The summed E-state index contributed by atoms with van der Waals surface area (Å²) in [5.74, 6) is 0. The summed E-state index contributed by atoms with van der Waals surface area (Å²) in [7, 11) is 0. The summed E-state index contributed by atoms with van der Waals surface area (Å²) in [5.41, 5.74) is -2.69. The van der Waals surface area contributed by atoms with E-state index in [0.717, 1.165) is 6.42 Å². The molecule has 0 heterocycles. The van der Waals surface area contributed by atoms with E-state index in [1.54, 1.807) is 6.08 Å². The smallest absolute Gasteiger partial charge is 0.166 e. The highest BCUT2D eigenvalue weighted by Gasteiger charge is 2.36. The third kappa shape index (κ3) is 4.61. The molecule has 1 rings (SSSR count). The predicted octanol–water partition coefficient (Wildman–Crippen LogP) is 5.54. The van der Waals surface area contributed by atoms with E-state index < -0.39 is 23.5 Å². The van der Waals surface area contributed by atoms with Gasteiger partial charge in [0.05, 0.1) is 11.1 Å². The van der Waals surface area contributed by atoms with Gasteiger partial charge in [-0.3, -0.25) is 0 Å². The van der Waals surface area contributed by atoms with Crippen molar-refractivity contribution in [2.24, 2.45) is 0 Å². The Morgan fingerprint density at radius 1 is 0.895 bits per heavy atom. The van der Waals surface area contributed by atoms with Crippen molar-refractivity contribution in [3.63, 3.8) is 0 Å². The van der Waals surface area contributed by atoms with E-state index in [-0.39, 0.29) is 11.6 Å². The van der Waals surface area contributed by atoms with Crippen molar-refractivity contribution in [3.05, 3.63) is 41.0 Å². The molecule has 1 aromatic carbocycles. The van der Waals surface area contributed by atoms with Crippen molar-refractivity contribution in [3.8, 4) is 0 Å². The maximum atomic E-state index is 12.5. The molecule has 0 nitrogen and oxygen atoms in total. The Hall–Kier alpha value is -1.46. The summed E-state index contributed by atoms with van der Waals surface area (Å²) >= 11 is 0. The van der Waals surface area contributed by atoms with Gasteiger partial charge in [-0.2, -0.15) is 26.3 Å². The molecule has 6 heteroatoms. The minimum atomic E-state index is -4.80. The molecule has 19 heavy (non-hydrogen) atoms. The Balaban J connectivity index is 3.25. The topological polar surface area (TPSA) is 0 Å². The molecule has 0 aliphatic heterocycles. The van der Waals surface area contributed by atoms with Gasteiger partial charge in [0.15, 0.2) is 0 Å². The highest BCUT2D eigenvalue weighted by molar-refractivity contribution is 5.53. The van der Waals surface area contributed by atoms with E-state index in [1.807, 2.05) is 6.92 Å². The first-order valence-corrected chi connectivity index (χ1v) is 5.60. The fourth-order valence-corrected chi connectivity index (χ4v) is 1.46. The lowest BCUT2D eigenvalue weighted by Gasteiger charge is -2.12. The number of allylic oxidation sites excluding steroid dienone is 1. The second-order valence-electron chi connectivity index (χ2n) is 4.03. The van der Waals surface area contributed by atoms with Crippen LogP contribution in [0.5, 0.6) is 0 Å². The summed E-state index contributed by atoms with van der Waals surface area (Å²) < 4.78 is 75.2. The third-order valence-corrected chi connectivity index (χ3v) is 2.38. The highest BCUT2D eigenvalue weighted by Crippen LogP contribution is 2.36. The van der Waals surface area contributed by atoms with Crippen LogP contribution in [0.25, 0.3) is 6.08 Å². The molecule has 0 aliphatic rings. The number of hydrogen-bond acceptors (Lipinski definition) is 0. The molecule has 0 saturated heterocycles. The Labute approximate surface area is 106 Å². The highest BCUT2D eigenvalue weighted by atomic mass is 19.4. The zero-order chi connectivity index (χ0) is 14.7. The molecule has 0 N–H and O–H groups in total. The van der Waals surface area contributed by atoms with E-state index >= 15 is 0 Å². The fraction of sp³-hybridized carbons (Fsp3) is 0.385. The lowest BCUT2D eigenvalue weighted by molar-refractivity contribution is -0.143. The first-order chi connectivity index (χ1) is 8.64. The van der Waals surface area contributed by atoms with Crippen LogP contribution in [0.4, 0.5) is 26.3 Å². The van der Waals surface area contributed by atoms with Crippen LogP contribution in [0.1, 0.15) is 36.5 Å².